The monoisotopic (exact) mass is 282 g/mol. The molecular weight excluding hydrogens is 260 g/mol. The van der Waals surface area contributed by atoms with Gasteiger partial charge in [0.2, 0.25) is 0 Å². The topological polar surface area (TPSA) is 32.3 Å². The first kappa shape index (κ1) is 14.7. The van der Waals surface area contributed by atoms with E-state index in [2.05, 4.69) is 40.8 Å². The fourth-order valence-electron chi connectivity index (χ4n) is 2.64. The molecule has 0 radical (unpaired) electrons. The van der Waals surface area contributed by atoms with Crippen molar-refractivity contribution in [1.29, 1.82) is 0 Å². The van der Waals surface area contributed by atoms with Crippen LogP contribution < -0.4 is 0 Å². The minimum absolute atomic E-state index is 0.474. The first-order chi connectivity index (χ1) is 9.01. The highest BCUT2D eigenvalue weighted by molar-refractivity contribution is 6.30. The number of hydrogen-bond donors (Lipinski definition) is 0. The Morgan fingerprint density at radius 1 is 1.26 bits per heavy atom. The second-order valence-corrected chi connectivity index (χ2v) is 5.81. The normalized spacial score (nSPS) is 21.8. The smallest absolute Gasteiger partial charge is 0.136 e. The van der Waals surface area contributed by atoms with Gasteiger partial charge in [0.15, 0.2) is 0 Å². The molecule has 0 bridgehead atoms. The molecule has 4 nitrogen and oxygen atoms in total. The summed E-state index contributed by atoms with van der Waals surface area (Å²) in [5, 5.41) is 0.622. The maximum absolute atomic E-state index is 6.24. The maximum Gasteiger partial charge on any atom is 0.136 e. The lowest BCUT2D eigenvalue weighted by molar-refractivity contribution is 0.113. The zero-order valence-corrected chi connectivity index (χ0v) is 13.0. The van der Waals surface area contributed by atoms with Crippen molar-refractivity contribution in [2.75, 3.05) is 33.7 Å². The molecule has 2 heterocycles. The summed E-state index contributed by atoms with van der Waals surface area (Å²) in [6, 6.07) is 0.474. The van der Waals surface area contributed by atoms with Gasteiger partial charge in [0, 0.05) is 43.4 Å². The van der Waals surface area contributed by atoms with Crippen molar-refractivity contribution in [3.8, 4) is 0 Å². The van der Waals surface area contributed by atoms with Crippen molar-refractivity contribution in [3.05, 3.63) is 22.2 Å². The number of likely N-dealkylation sites (N-methyl/N-ethyl adjacent to an activating group) is 2. The SMILES string of the molecule is CCc1c(C)nc(CC2CN(C)CCN2C)nc1Cl. The average molecular weight is 283 g/mol. The first-order valence-electron chi connectivity index (χ1n) is 6.92. The van der Waals surface area contributed by atoms with Gasteiger partial charge in [0.1, 0.15) is 11.0 Å². The number of aromatic nitrogens is 2. The van der Waals surface area contributed by atoms with Crippen molar-refractivity contribution in [1.82, 2.24) is 19.8 Å². The van der Waals surface area contributed by atoms with E-state index in [9.17, 15) is 0 Å². The average Bonchev–Trinajstić information content (AvgIpc) is 2.33. The van der Waals surface area contributed by atoms with E-state index in [1.54, 1.807) is 0 Å². The van der Waals surface area contributed by atoms with Crippen molar-refractivity contribution >= 4 is 11.6 Å². The highest BCUT2D eigenvalue weighted by atomic mass is 35.5. The Morgan fingerprint density at radius 3 is 2.63 bits per heavy atom. The van der Waals surface area contributed by atoms with Gasteiger partial charge in [0.05, 0.1) is 0 Å². The molecule has 1 aromatic heterocycles. The minimum atomic E-state index is 0.474. The predicted molar refractivity (Wildman–Crippen MR) is 78.8 cm³/mol. The standard InChI is InChI=1S/C14H23ClN4/c1-5-12-10(2)16-13(17-14(12)15)8-11-9-18(3)6-7-19(11)4/h11H,5-9H2,1-4H3. The lowest BCUT2D eigenvalue weighted by Gasteiger charge is -2.37. The molecule has 1 aliphatic heterocycles. The fraction of sp³-hybridized carbons (Fsp3) is 0.714. The van der Waals surface area contributed by atoms with Gasteiger partial charge >= 0.3 is 0 Å². The quantitative estimate of drug-likeness (QED) is 0.791. The van der Waals surface area contributed by atoms with Gasteiger partial charge in [0.25, 0.3) is 0 Å². The molecule has 19 heavy (non-hydrogen) atoms. The summed E-state index contributed by atoms with van der Waals surface area (Å²) in [5.74, 6) is 0.867. The Hall–Kier alpha value is -0.710. The fourth-order valence-corrected chi connectivity index (χ4v) is 3.01. The van der Waals surface area contributed by atoms with E-state index >= 15 is 0 Å². The third-order valence-corrected chi connectivity index (χ3v) is 4.27. The largest absolute Gasteiger partial charge is 0.304 e. The van der Waals surface area contributed by atoms with Crippen LogP contribution in [-0.2, 0) is 12.8 Å². The molecule has 5 heteroatoms. The summed E-state index contributed by atoms with van der Waals surface area (Å²) in [6.07, 6.45) is 1.75. The van der Waals surface area contributed by atoms with E-state index in [0.29, 0.717) is 11.2 Å². The summed E-state index contributed by atoms with van der Waals surface area (Å²) in [5.41, 5.74) is 2.09. The van der Waals surface area contributed by atoms with E-state index in [0.717, 1.165) is 49.6 Å². The van der Waals surface area contributed by atoms with Crippen LogP contribution >= 0.6 is 11.6 Å². The van der Waals surface area contributed by atoms with E-state index in [1.165, 1.54) is 0 Å². The number of piperazine rings is 1. The molecule has 1 fully saturated rings. The Balaban J connectivity index is 2.14. The number of rotatable bonds is 3. The van der Waals surface area contributed by atoms with E-state index in [-0.39, 0.29) is 0 Å². The summed E-state index contributed by atoms with van der Waals surface area (Å²) in [7, 11) is 4.34. The highest BCUT2D eigenvalue weighted by Gasteiger charge is 2.23. The maximum atomic E-state index is 6.24. The van der Waals surface area contributed by atoms with Gasteiger partial charge in [-0.3, -0.25) is 0 Å². The van der Waals surface area contributed by atoms with Gasteiger partial charge in [-0.05, 0) is 27.4 Å². The molecule has 0 amide bonds. The molecule has 1 atom stereocenters. The summed E-state index contributed by atoms with van der Waals surface area (Å²) >= 11 is 6.24. The molecule has 0 spiro atoms. The number of aryl methyl sites for hydroxylation is 1. The molecule has 1 aliphatic rings. The van der Waals surface area contributed by atoms with Crippen LogP contribution in [0.15, 0.2) is 0 Å². The molecule has 1 saturated heterocycles. The zero-order valence-electron chi connectivity index (χ0n) is 12.3. The molecule has 0 saturated carbocycles. The third-order valence-electron chi connectivity index (χ3n) is 3.96. The zero-order chi connectivity index (χ0) is 14.0. The lowest BCUT2D eigenvalue weighted by Crippen LogP contribution is -2.51. The predicted octanol–water partition coefficient (Wildman–Crippen LogP) is 1.79. The van der Waals surface area contributed by atoms with Crippen molar-refractivity contribution < 1.29 is 0 Å². The molecule has 1 unspecified atom stereocenters. The lowest BCUT2D eigenvalue weighted by atomic mass is 10.1. The van der Waals surface area contributed by atoms with Crippen LogP contribution in [0, 0.1) is 6.92 Å². The Labute approximate surface area is 120 Å². The first-order valence-corrected chi connectivity index (χ1v) is 7.29. The van der Waals surface area contributed by atoms with Gasteiger partial charge < -0.3 is 9.80 Å². The van der Waals surface area contributed by atoms with Crippen molar-refractivity contribution in [2.24, 2.45) is 0 Å². The van der Waals surface area contributed by atoms with Crippen LogP contribution in [0.4, 0.5) is 0 Å². The molecule has 0 aliphatic carbocycles. The van der Waals surface area contributed by atoms with E-state index < -0.39 is 0 Å². The Bertz CT molecular complexity index is 426. The van der Waals surface area contributed by atoms with Gasteiger partial charge in [-0.15, -0.1) is 0 Å². The summed E-state index contributed by atoms with van der Waals surface area (Å²) in [6.45, 7) is 7.39. The highest BCUT2D eigenvalue weighted by Crippen LogP contribution is 2.18. The van der Waals surface area contributed by atoms with E-state index in [1.807, 2.05) is 6.92 Å². The van der Waals surface area contributed by atoms with Gasteiger partial charge in [-0.1, -0.05) is 18.5 Å². The van der Waals surface area contributed by atoms with Gasteiger partial charge in [-0.25, -0.2) is 9.97 Å². The number of hydrogen-bond acceptors (Lipinski definition) is 4. The Morgan fingerprint density at radius 2 is 2.00 bits per heavy atom. The summed E-state index contributed by atoms with van der Waals surface area (Å²) in [4.78, 5) is 13.8. The van der Waals surface area contributed by atoms with E-state index in [4.69, 9.17) is 11.6 Å². The molecular formula is C14H23ClN4. The van der Waals surface area contributed by atoms with Crippen LogP contribution in [0.25, 0.3) is 0 Å². The molecule has 0 aromatic carbocycles. The molecule has 1 aromatic rings. The van der Waals surface area contributed by atoms with Crippen LogP contribution in [0.5, 0.6) is 0 Å². The third kappa shape index (κ3) is 3.44. The number of halogens is 1. The van der Waals surface area contributed by atoms with Crippen molar-refractivity contribution in [2.45, 2.75) is 32.7 Å². The Kier molecular flexibility index (Phi) is 4.76. The van der Waals surface area contributed by atoms with Gasteiger partial charge in [-0.2, -0.15) is 0 Å². The van der Waals surface area contributed by atoms with Crippen LogP contribution in [0.3, 0.4) is 0 Å². The number of nitrogens with zero attached hydrogens (tertiary/aromatic N) is 4. The van der Waals surface area contributed by atoms with Crippen LogP contribution in [0.1, 0.15) is 24.0 Å². The minimum Gasteiger partial charge on any atom is -0.304 e. The second kappa shape index (κ2) is 6.16. The van der Waals surface area contributed by atoms with Crippen LogP contribution in [-0.4, -0.2) is 59.5 Å². The molecule has 0 N–H and O–H groups in total. The second-order valence-electron chi connectivity index (χ2n) is 5.45. The molecule has 2 rings (SSSR count). The van der Waals surface area contributed by atoms with Crippen LogP contribution in [0.2, 0.25) is 5.15 Å². The van der Waals surface area contributed by atoms with Crippen molar-refractivity contribution in [3.63, 3.8) is 0 Å². The molecule has 106 valence electrons. The summed E-state index contributed by atoms with van der Waals surface area (Å²) < 4.78 is 0.